The fourth-order valence-electron chi connectivity index (χ4n) is 1.07. The van der Waals surface area contributed by atoms with Crippen molar-refractivity contribution in [2.45, 2.75) is 19.8 Å². The summed E-state index contributed by atoms with van der Waals surface area (Å²) in [6.45, 7) is 3.25. The van der Waals surface area contributed by atoms with Crippen LogP contribution in [0.15, 0.2) is 0 Å². The molecule has 0 radical (unpaired) electrons. The number of aliphatic hydroxyl groups is 1. The SMILES string of the molecule is CC(CO)CCCNCC(=O)NCC#N. The molecule has 0 bridgehead atoms. The topological polar surface area (TPSA) is 85.2 Å². The van der Waals surface area contributed by atoms with Gasteiger partial charge in [-0.25, -0.2) is 0 Å². The van der Waals surface area contributed by atoms with Gasteiger partial charge in [0.1, 0.15) is 6.54 Å². The normalized spacial score (nSPS) is 11.8. The van der Waals surface area contributed by atoms with Gasteiger partial charge in [-0.1, -0.05) is 6.92 Å². The number of amides is 1. The van der Waals surface area contributed by atoms with Gasteiger partial charge in [-0.15, -0.1) is 0 Å². The third-order valence-electron chi connectivity index (χ3n) is 2.01. The fourth-order valence-corrected chi connectivity index (χ4v) is 1.07. The quantitative estimate of drug-likeness (QED) is 0.379. The minimum Gasteiger partial charge on any atom is -0.396 e. The standard InChI is InChI=1S/C10H19N3O2/c1-9(8-14)3-2-5-12-7-10(15)13-6-4-11/h9,12,14H,2-3,5-8H2,1H3,(H,13,15). The third kappa shape index (κ3) is 9.19. The van der Waals surface area contributed by atoms with Crippen LogP contribution in [0.2, 0.25) is 0 Å². The summed E-state index contributed by atoms with van der Waals surface area (Å²) >= 11 is 0. The number of aliphatic hydroxyl groups excluding tert-OH is 1. The molecule has 0 aromatic rings. The van der Waals surface area contributed by atoms with Crippen LogP contribution >= 0.6 is 0 Å². The van der Waals surface area contributed by atoms with Crippen LogP contribution in [0.4, 0.5) is 0 Å². The van der Waals surface area contributed by atoms with Gasteiger partial charge in [-0.05, 0) is 25.3 Å². The Bertz CT molecular complexity index is 213. The maximum atomic E-state index is 11.0. The molecule has 3 N–H and O–H groups in total. The van der Waals surface area contributed by atoms with Crippen LogP contribution in [0.25, 0.3) is 0 Å². The monoisotopic (exact) mass is 213 g/mol. The van der Waals surface area contributed by atoms with Gasteiger partial charge in [-0.3, -0.25) is 4.79 Å². The molecule has 5 nitrogen and oxygen atoms in total. The Morgan fingerprint density at radius 1 is 1.60 bits per heavy atom. The third-order valence-corrected chi connectivity index (χ3v) is 2.01. The van der Waals surface area contributed by atoms with Gasteiger partial charge >= 0.3 is 0 Å². The van der Waals surface area contributed by atoms with Crippen molar-refractivity contribution in [3.8, 4) is 6.07 Å². The zero-order valence-corrected chi connectivity index (χ0v) is 9.12. The number of nitriles is 1. The van der Waals surface area contributed by atoms with Gasteiger partial charge < -0.3 is 15.7 Å². The van der Waals surface area contributed by atoms with Gasteiger partial charge in [-0.2, -0.15) is 5.26 Å². The van der Waals surface area contributed by atoms with Crippen LogP contribution in [0, 0.1) is 17.2 Å². The summed E-state index contributed by atoms with van der Waals surface area (Å²) in [5.41, 5.74) is 0. The number of hydrogen-bond acceptors (Lipinski definition) is 4. The van der Waals surface area contributed by atoms with E-state index in [9.17, 15) is 4.79 Å². The lowest BCUT2D eigenvalue weighted by Gasteiger charge is -2.07. The summed E-state index contributed by atoms with van der Waals surface area (Å²) < 4.78 is 0. The maximum absolute atomic E-state index is 11.0. The van der Waals surface area contributed by atoms with Crippen molar-refractivity contribution >= 4 is 5.91 Å². The molecule has 0 aliphatic heterocycles. The van der Waals surface area contributed by atoms with Crippen LogP contribution in [-0.2, 0) is 4.79 Å². The molecule has 1 atom stereocenters. The van der Waals surface area contributed by atoms with Gasteiger partial charge in [0.15, 0.2) is 0 Å². The highest BCUT2D eigenvalue weighted by Crippen LogP contribution is 2.02. The van der Waals surface area contributed by atoms with Crippen molar-refractivity contribution in [2.24, 2.45) is 5.92 Å². The summed E-state index contributed by atoms with van der Waals surface area (Å²) in [6.07, 6.45) is 1.89. The Morgan fingerprint density at radius 2 is 2.33 bits per heavy atom. The first-order valence-electron chi connectivity index (χ1n) is 5.16. The molecule has 0 saturated carbocycles. The van der Waals surface area contributed by atoms with Gasteiger partial charge in [0.25, 0.3) is 0 Å². The number of hydrogen-bond donors (Lipinski definition) is 3. The average Bonchev–Trinajstić information content (AvgIpc) is 2.25. The lowest BCUT2D eigenvalue weighted by Crippen LogP contribution is -2.34. The molecule has 0 aliphatic rings. The fraction of sp³-hybridized carbons (Fsp3) is 0.800. The van der Waals surface area contributed by atoms with E-state index in [1.54, 1.807) is 0 Å². The Hall–Kier alpha value is -1.12. The van der Waals surface area contributed by atoms with Crippen LogP contribution < -0.4 is 10.6 Å². The van der Waals surface area contributed by atoms with Crippen LogP contribution in [-0.4, -0.2) is 37.3 Å². The summed E-state index contributed by atoms with van der Waals surface area (Å²) in [4.78, 5) is 11.0. The number of nitrogens with one attached hydrogen (secondary N) is 2. The Balaban J connectivity index is 3.24. The Labute approximate surface area is 90.5 Å². The molecule has 0 fully saturated rings. The maximum Gasteiger partial charge on any atom is 0.234 e. The molecule has 15 heavy (non-hydrogen) atoms. The highest BCUT2D eigenvalue weighted by Gasteiger charge is 2.00. The minimum atomic E-state index is -0.160. The molecule has 1 unspecified atom stereocenters. The molecule has 0 aromatic carbocycles. The second-order valence-electron chi connectivity index (χ2n) is 3.54. The second kappa shape index (κ2) is 9.44. The summed E-state index contributed by atoms with van der Waals surface area (Å²) in [6, 6.07) is 1.84. The van der Waals surface area contributed by atoms with E-state index in [0.29, 0.717) is 5.92 Å². The molecule has 0 rings (SSSR count). The minimum absolute atomic E-state index is 0.0576. The van der Waals surface area contributed by atoms with Crippen molar-refractivity contribution in [1.82, 2.24) is 10.6 Å². The molecule has 0 heterocycles. The van der Waals surface area contributed by atoms with Gasteiger partial charge in [0.2, 0.25) is 5.91 Å². The lowest BCUT2D eigenvalue weighted by atomic mass is 10.1. The van der Waals surface area contributed by atoms with Crippen molar-refractivity contribution in [3.63, 3.8) is 0 Å². The molecular weight excluding hydrogens is 194 g/mol. The summed E-state index contributed by atoms with van der Waals surface area (Å²) in [7, 11) is 0. The molecule has 0 aromatic heterocycles. The number of carbonyl (C=O) groups excluding carboxylic acids is 1. The molecule has 0 spiro atoms. The van der Waals surface area contributed by atoms with E-state index in [4.69, 9.17) is 10.4 Å². The largest absolute Gasteiger partial charge is 0.396 e. The van der Waals surface area contributed by atoms with E-state index in [1.807, 2.05) is 13.0 Å². The molecule has 0 saturated heterocycles. The van der Waals surface area contributed by atoms with Crippen LogP contribution in [0.1, 0.15) is 19.8 Å². The predicted octanol–water partition coefficient (Wildman–Crippen LogP) is -0.376. The Kier molecular flexibility index (Phi) is 8.73. The number of carbonyl (C=O) groups is 1. The van der Waals surface area contributed by atoms with E-state index >= 15 is 0 Å². The van der Waals surface area contributed by atoms with E-state index in [0.717, 1.165) is 19.4 Å². The van der Waals surface area contributed by atoms with E-state index in [2.05, 4.69) is 10.6 Å². The van der Waals surface area contributed by atoms with Crippen molar-refractivity contribution < 1.29 is 9.90 Å². The summed E-state index contributed by atoms with van der Waals surface area (Å²) in [5.74, 6) is 0.158. The van der Waals surface area contributed by atoms with E-state index in [-0.39, 0.29) is 25.6 Å². The first kappa shape index (κ1) is 13.9. The van der Waals surface area contributed by atoms with Crippen LogP contribution in [0.5, 0.6) is 0 Å². The zero-order valence-electron chi connectivity index (χ0n) is 9.12. The first-order chi connectivity index (χ1) is 7.20. The van der Waals surface area contributed by atoms with Crippen LogP contribution in [0.3, 0.4) is 0 Å². The molecule has 5 heteroatoms. The van der Waals surface area contributed by atoms with Crippen molar-refractivity contribution in [1.29, 1.82) is 5.26 Å². The highest BCUT2D eigenvalue weighted by atomic mass is 16.3. The van der Waals surface area contributed by atoms with Gasteiger partial charge in [0, 0.05) is 6.61 Å². The summed E-state index contributed by atoms with van der Waals surface area (Å²) in [5, 5.41) is 22.4. The number of nitrogens with zero attached hydrogens (tertiary/aromatic N) is 1. The smallest absolute Gasteiger partial charge is 0.234 e. The zero-order chi connectivity index (χ0) is 11.5. The second-order valence-corrected chi connectivity index (χ2v) is 3.54. The molecular formula is C10H19N3O2. The van der Waals surface area contributed by atoms with E-state index in [1.165, 1.54) is 0 Å². The lowest BCUT2D eigenvalue weighted by molar-refractivity contribution is -0.120. The Morgan fingerprint density at radius 3 is 2.93 bits per heavy atom. The number of rotatable bonds is 8. The highest BCUT2D eigenvalue weighted by molar-refractivity contribution is 5.78. The van der Waals surface area contributed by atoms with Crippen molar-refractivity contribution in [3.05, 3.63) is 0 Å². The van der Waals surface area contributed by atoms with Gasteiger partial charge in [0.05, 0.1) is 12.6 Å². The predicted molar refractivity (Wildman–Crippen MR) is 57.0 cm³/mol. The average molecular weight is 213 g/mol. The molecule has 1 amide bonds. The molecule has 86 valence electrons. The van der Waals surface area contributed by atoms with Crippen molar-refractivity contribution in [2.75, 3.05) is 26.2 Å². The molecule has 0 aliphatic carbocycles. The van der Waals surface area contributed by atoms with E-state index < -0.39 is 0 Å². The first-order valence-corrected chi connectivity index (χ1v) is 5.16.